The third-order valence-electron chi connectivity index (χ3n) is 7.84. The average Bonchev–Trinajstić information content (AvgIpc) is 3.64. The van der Waals surface area contributed by atoms with Crippen molar-refractivity contribution in [1.29, 1.82) is 0 Å². The first-order valence-corrected chi connectivity index (χ1v) is 13.9. The number of aryl methyl sites for hydroxylation is 2. The second-order valence-corrected chi connectivity index (χ2v) is 10.8. The number of rotatable bonds is 11. The third-order valence-corrected chi connectivity index (χ3v) is 7.84. The lowest BCUT2D eigenvalue weighted by Crippen LogP contribution is -2.35. The van der Waals surface area contributed by atoms with Gasteiger partial charge in [0.15, 0.2) is 0 Å². The monoisotopic (exact) mass is 512 g/mol. The zero-order valence-electron chi connectivity index (χ0n) is 21.7. The summed E-state index contributed by atoms with van der Waals surface area (Å²) in [6, 6.07) is 7.28. The number of halogens is 2. The van der Waals surface area contributed by atoms with Crippen LogP contribution in [0, 0.1) is 5.92 Å². The van der Waals surface area contributed by atoms with E-state index in [0.717, 1.165) is 55.0 Å². The Hall–Kier alpha value is -2.61. The van der Waals surface area contributed by atoms with Crippen LogP contribution in [0.15, 0.2) is 30.5 Å². The maximum Gasteiger partial charge on any atom is 0.328 e. The molecule has 4 heterocycles. The predicted octanol–water partition coefficient (Wildman–Crippen LogP) is 5.69. The van der Waals surface area contributed by atoms with E-state index >= 15 is 8.78 Å². The van der Waals surface area contributed by atoms with Crippen LogP contribution in [0.3, 0.4) is 0 Å². The molecule has 2 aromatic rings. The van der Waals surface area contributed by atoms with Crippen LogP contribution in [0.5, 0.6) is 0 Å². The van der Waals surface area contributed by atoms with E-state index in [1.54, 1.807) is 13.1 Å². The Morgan fingerprint density at radius 1 is 1.27 bits per heavy atom. The van der Waals surface area contributed by atoms with Crippen molar-refractivity contribution in [2.24, 2.45) is 5.92 Å². The van der Waals surface area contributed by atoms with E-state index in [1.807, 2.05) is 23.1 Å². The molecule has 1 saturated carbocycles. The van der Waals surface area contributed by atoms with Crippen molar-refractivity contribution in [2.45, 2.75) is 82.6 Å². The van der Waals surface area contributed by atoms with E-state index in [2.05, 4.69) is 21.4 Å². The fourth-order valence-electron chi connectivity index (χ4n) is 5.88. The molecule has 2 aromatic heterocycles. The number of fused-ring (bicyclic) bond motifs is 1. The molecule has 2 atom stereocenters. The molecule has 5 rings (SSSR count). The predicted molar refractivity (Wildman–Crippen MR) is 139 cm³/mol. The van der Waals surface area contributed by atoms with Crippen LogP contribution in [0.4, 0.5) is 14.6 Å². The number of anilines is 1. The molecule has 8 heteroatoms. The minimum Gasteiger partial charge on any atom is -0.465 e. The van der Waals surface area contributed by atoms with Crippen LogP contribution in [0.2, 0.25) is 0 Å². The van der Waals surface area contributed by atoms with Crippen LogP contribution < -0.4 is 5.32 Å². The highest BCUT2D eigenvalue weighted by molar-refractivity contribution is 5.78. The summed E-state index contributed by atoms with van der Waals surface area (Å²) in [5, 5.41) is 3.31. The molecule has 1 aliphatic carbocycles. The largest absolute Gasteiger partial charge is 0.465 e. The molecular formula is C29H38F2N4O2. The number of nitrogens with one attached hydrogen (secondary N) is 1. The van der Waals surface area contributed by atoms with Crippen molar-refractivity contribution in [3.8, 4) is 0 Å². The van der Waals surface area contributed by atoms with E-state index in [0.29, 0.717) is 44.9 Å². The summed E-state index contributed by atoms with van der Waals surface area (Å²) < 4.78 is 35.4. The Bertz CT molecular complexity index is 1090. The van der Waals surface area contributed by atoms with Crippen molar-refractivity contribution >= 4 is 11.8 Å². The minimum atomic E-state index is -2.74. The summed E-state index contributed by atoms with van der Waals surface area (Å²) in [5.41, 5.74) is 3.92. The molecule has 200 valence electrons. The molecule has 0 bridgehead atoms. The molecule has 3 aliphatic rings. The Balaban J connectivity index is 1.18. The smallest absolute Gasteiger partial charge is 0.328 e. The second-order valence-electron chi connectivity index (χ2n) is 10.8. The summed E-state index contributed by atoms with van der Waals surface area (Å²) in [5.74, 6) is -1.90. The molecule has 0 radical (unpaired) electrons. The first kappa shape index (κ1) is 26.0. The number of hydrogen-bond acceptors (Lipinski definition) is 6. The molecule has 0 aromatic carbocycles. The Morgan fingerprint density at radius 2 is 2.14 bits per heavy atom. The molecule has 1 unspecified atom stereocenters. The lowest BCUT2D eigenvalue weighted by atomic mass is 9.96. The van der Waals surface area contributed by atoms with Crippen molar-refractivity contribution in [1.82, 2.24) is 14.9 Å². The first-order valence-electron chi connectivity index (χ1n) is 13.9. The topological polar surface area (TPSA) is 67.3 Å². The zero-order valence-corrected chi connectivity index (χ0v) is 21.7. The highest BCUT2D eigenvalue weighted by Gasteiger charge is 2.41. The molecule has 2 aliphatic heterocycles. The zero-order chi connectivity index (χ0) is 25.8. The maximum absolute atomic E-state index is 15.0. The lowest BCUT2D eigenvalue weighted by Gasteiger charge is -2.28. The number of carbonyl (C=O) groups excluding carboxylic acids is 1. The van der Waals surface area contributed by atoms with Crippen LogP contribution >= 0.6 is 0 Å². The number of pyridine rings is 2. The van der Waals surface area contributed by atoms with E-state index in [1.165, 1.54) is 5.56 Å². The van der Waals surface area contributed by atoms with Gasteiger partial charge in [-0.1, -0.05) is 12.1 Å². The van der Waals surface area contributed by atoms with Crippen LogP contribution in [-0.4, -0.2) is 53.0 Å². The molecular weight excluding hydrogens is 474 g/mol. The fourth-order valence-corrected chi connectivity index (χ4v) is 5.88. The third kappa shape index (κ3) is 6.46. The quantitative estimate of drug-likeness (QED) is 0.391. The summed E-state index contributed by atoms with van der Waals surface area (Å²) in [6.45, 7) is 4.08. The maximum atomic E-state index is 15.0. The molecule has 37 heavy (non-hydrogen) atoms. The van der Waals surface area contributed by atoms with Crippen LogP contribution in [0.1, 0.15) is 86.3 Å². The van der Waals surface area contributed by atoms with Gasteiger partial charge in [-0.05, 0) is 82.0 Å². The molecule has 0 amide bonds. The normalized spacial score (nSPS) is 20.8. The van der Waals surface area contributed by atoms with Gasteiger partial charge in [0, 0.05) is 55.0 Å². The van der Waals surface area contributed by atoms with E-state index in [9.17, 15) is 4.79 Å². The summed E-state index contributed by atoms with van der Waals surface area (Å²) >= 11 is 0. The number of carbonyl (C=O) groups is 1. The first-order chi connectivity index (χ1) is 17.9. The number of ether oxygens (including phenoxy) is 1. The number of alkyl halides is 2. The number of likely N-dealkylation sites (tertiary alicyclic amines) is 1. The van der Waals surface area contributed by atoms with E-state index in [-0.39, 0.29) is 24.7 Å². The van der Waals surface area contributed by atoms with Gasteiger partial charge < -0.3 is 10.1 Å². The van der Waals surface area contributed by atoms with Crippen molar-refractivity contribution in [3.63, 3.8) is 0 Å². The van der Waals surface area contributed by atoms with E-state index < -0.39 is 12.0 Å². The molecule has 1 N–H and O–H groups in total. The summed E-state index contributed by atoms with van der Waals surface area (Å²) in [6.07, 6.45) is 7.35. The Labute approximate surface area is 218 Å². The lowest BCUT2D eigenvalue weighted by molar-refractivity contribution is -0.149. The summed E-state index contributed by atoms with van der Waals surface area (Å²) in [4.78, 5) is 24.3. The number of aromatic nitrogens is 2. The minimum absolute atomic E-state index is 0.147. The van der Waals surface area contributed by atoms with E-state index in [4.69, 9.17) is 4.74 Å². The second kappa shape index (κ2) is 11.4. The highest BCUT2D eigenvalue weighted by atomic mass is 19.3. The van der Waals surface area contributed by atoms with Crippen LogP contribution in [-0.2, 0) is 22.4 Å². The number of esters is 1. The molecule has 0 spiro atoms. The van der Waals surface area contributed by atoms with Gasteiger partial charge in [-0.3, -0.25) is 9.88 Å². The van der Waals surface area contributed by atoms with Gasteiger partial charge in [0.25, 0.3) is 0 Å². The van der Waals surface area contributed by atoms with Crippen LogP contribution in [0.25, 0.3) is 0 Å². The molecule has 1 saturated heterocycles. The van der Waals surface area contributed by atoms with Crippen molar-refractivity contribution in [3.05, 3.63) is 53.0 Å². The van der Waals surface area contributed by atoms with Gasteiger partial charge in [0.05, 0.1) is 6.61 Å². The number of nitrogens with zero attached hydrogens (tertiary/aromatic N) is 3. The fraction of sp³-hybridized carbons (Fsp3) is 0.621. The average molecular weight is 513 g/mol. The highest BCUT2D eigenvalue weighted by Crippen LogP contribution is 2.44. The van der Waals surface area contributed by atoms with Gasteiger partial charge in [0.1, 0.15) is 11.9 Å². The van der Waals surface area contributed by atoms with Gasteiger partial charge in [-0.25, -0.2) is 18.6 Å². The Morgan fingerprint density at radius 3 is 2.95 bits per heavy atom. The molecule has 6 nitrogen and oxygen atoms in total. The Kier molecular flexibility index (Phi) is 8.03. The standard InChI is InChI=1S/C29H38F2N4O2/c1-2-37-28(36)26(24-8-5-15-32-25(24)21-9-10-21)35-17-13-20(19-35)18-29(30,31)14-3-7-23-12-11-22-6-4-16-33-27(22)34-23/h5,8,11-12,15,20-21,26H,2-4,6-7,9-10,13-14,16-19H2,1H3,(H,33,34)/t20-,26?/m0/s1. The SMILES string of the molecule is CCOC(=O)C(c1cccnc1C1CC1)N1CC[C@@H](CC(F)(F)CCCc2ccc3c(n2)NCCC3)C1. The van der Waals surface area contributed by atoms with Crippen molar-refractivity contribution in [2.75, 3.05) is 31.6 Å². The van der Waals surface area contributed by atoms with Gasteiger partial charge in [0.2, 0.25) is 5.92 Å². The van der Waals surface area contributed by atoms with Gasteiger partial charge in [-0.2, -0.15) is 0 Å². The van der Waals surface area contributed by atoms with Crippen molar-refractivity contribution < 1.29 is 18.3 Å². The van der Waals surface area contributed by atoms with Gasteiger partial charge >= 0.3 is 5.97 Å². The van der Waals surface area contributed by atoms with Gasteiger partial charge in [-0.15, -0.1) is 0 Å². The number of hydrogen-bond donors (Lipinski definition) is 1. The summed E-state index contributed by atoms with van der Waals surface area (Å²) in [7, 11) is 0. The molecule has 2 fully saturated rings.